The number of hydrogen-bond acceptors (Lipinski definition) is 4. The molecule has 4 N–H and O–H groups in total. The van der Waals surface area contributed by atoms with Gasteiger partial charge in [-0.15, -0.1) is 0 Å². The van der Waals surface area contributed by atoms with Crippen molar-refractivity contribution in [2.24, 2.45) is 11.8 Å². The van der Waals surface area contributed by atoms with Crippen LogP contribution in [0.3, 0.4) is 0 Å². The molecule has 0 unspecified atom stereocenters. The maximum atomic E-state index is 12.9. The summed E-state index contributed by atoms with van der Waals surface area (Å²) >= 11 is 0. The number of rotatable bonds is 8. The van der Waals surface area contributed by atoms with Crippen LogP contribution in [0.2, 0.25) is 0 Å². The Labute approximate surface area is 246 Å². The summed E-state index contributed by atoms with van der Waals surface area (Å²) in [4.78, 5) is 50.9. The number of benzene rings is 3. The van der Waals surface area contributed by atoms with Gasteiger partial charge in [-0.1, -0.05) is 50.7 Å². The quantitative estimate of drug-likeness (QED) is 0.230. The maximum absolute atomic E-state index is 12.9. The van der Waals surface area contributed by atoms with E-state index in [1.54, 1.807) is 60.7 Å². The van der Waals surface area contributed by atoms with Gasteiger partial charge in [0.2, 0.25) is 11.8 Å². The Morgan fingerprint density at radius 3 is 1.14 bits per heavy atom. The second kappa shape index (κ2) is 13.9. The Hall–Kier alpha value is -4.46. The van der Waals surface area contributed by atoms with Gasteiger partial charge in [0.05, 0.1) is 0 Å². The minimum absolute atomic E-state index is 0.0305. The normalized spacial score (nSPS) is 15.8. The highest BCUT2D eigenvalue weighted by molar-refractivity contribution is 6.07. The Bertz CT molecular complexity index is 1310. The molecule has 42 heavy (non-hydrogen) atoms. The average Bonchev–Trinajstić information content (AvgIpc) is 3.02. The lowest BCUT2D eigenvalue weighted by Gasteiger charge is -2.21. The Kier molecular flexibility index (Phi) is 9.64. The minimum Gasteiger partial charge on any atom is -0.326 e. The van der Waals surface area contributed by atoms with E-state index in [-0.39, 0.29) is 35.5 Å². The first kappa shape index (κ1) is 29.0. The molecule has 4 amide bonds. The largest absolute Gasteiger partial charge is 0.326 e. The summed E-state index contributed by atoms with van der Waals surface area (Å²) < 4.78 is 0. The number of anilines is 4. The first-order valence-electron chi connectivity index (χ1n) is 15.0. The molecule has 3 aromatic rings. The van der Waals surface area contributed by atoms with E-state index < -0.39 is 0 Å². The van der Waals surface area contributed by atoms with Crippen LogP contribution in [0.5, 0.6) is 0 Å². The molecule has 0 heterocycles. The van der Waals surface area contributed by atoms with Crippen LogP contribution in [-0.2, 0) is 9.59 Å². The highest BCUT2D eigenvalue weighted by Gasteiger charge is 2.22. The summed E-state index contributed by atoms with van der Waals surface area (Å²) in [5.41, 5.74) is 3.23. The van der Waals surface area contributed by atoms with Crippen molar-refractivity contribution < 1.29 is 19.2 Å². The van der Waals surface area contributed by atoms with Crippen molar-refractivity contribution in [2.75, 3.05) is 21.3 Å². The zero-order valence-corrected chi connectivity index (χ0v) is 23.8. The van der Waals surface area contributed by atoms with Crippen molar-refractivity contribution >= 4 is 46.4 Å². The van der Waals surface area contributed by atoms with Gasteiger partial charge in [0.25, 0.3) is 11.8 Å². The highest BCUT2D eigenvalue weighted by Crippen LogP contribution is 2.27. The number of amides is 4. The highest BCUT2D eigenvalue weighted by atomic mass is 16.2. The van der Waals surface area contributed by atoms with E-state index in [0.717, 1.165) is 51.4 Å². The summed E-state index contributed by atoms with van der Waals surface area (Å²) in [6, 6.07) is 20.6. The molecule has 0 aromatic heterocycles. The van der Waals surface area contributed by atoms with E-state index in [2.05, 4.69) is 21.3 Å². The third kappa shape index (κ3) is 7.84. The molecule has 0 spiro atoms. The van der Waals surface area contributed by atoms with Gasteiger partial charge in [-0.05, 0) is 86.3 Å². The molecule has 218 valence electrons. The van der Waals surface area contributed by atoms with Gasteiger partial charge < -0.3 is 21.3 Å². The van der Waals surface area contributed by atoms with Crippen molar-refractivity contribution in [1.29, 1.82) is 0 Å². The van der Waals surface area contributed by atoms with Crippen LogP contribution in [0.4, 0.5) is 22.7 Å². The summed E-state index contributed by atoms with van der Waals surface area (Å²) in [6.45, 7) is 0. The zero-order valence-electron chi connectivity index (χ0n) is 23.8. The van der Waals surface area contributed by atoms with Crippen LogP contribution in [-0.4, -0.2) is 23.6 Å². The molecule has 2 aliphatic carbocycles. The van der Waals surface area contributed by atoms with Gasteiger partial charge in [0, 0.05) is 45.7 Å². The van der Waals surface area contributed by atoms with E-state index in [0.29, 0.717) is 33.9 Å². The second-order valence-corrected chi connectivity index (χ2v) is 11.3. The molecule has 0 bridgehead atoms. The number of hydrogen-bond donors (Lipinski definition) is 4. The molecule has 2 saturated carbocycles. The maximum Gasteiger partial charge on any atom is 0.255 e. The molecule has 5 rings (SSSR count). The van der Waals surface area contributed by atoms with Crippen molar-refractivity contribution in [3.05, 3.63) is 83.9 Å². The Morgan fingerprint density at radius 2 is 0.786 bits per heavy atom. The zero-order chi connectivity index (χ0) is 29.3. The molecule has 2 fully saturated rings. The van der Waals surface area contributed by atoms with Gasteiger partial charge >= 0.3 is 0 Å². The summed E-state index contributed by atoms with van der Waals surface area (Å²) in [7, 11) is 0. The van der Waals surface area contributed by atoms with Gasteiger partial charge in [-0.25, -0.2) is 0 Å². The van der Waals surface area contributed by atoms with Crippen molar-refractivity contribution in [2.45, 2.75) is 64.2 Å². The first-order chi connectivity index (χ1) is 20.4. The second-order valence-electron chi connectivity index (χ2n) is 11.3. The minimum atomic E-state index is -0.320. The van der Waals surface area contributed by atoms with Crippen LogP contribution < -0.4 is 21.3 Å². The van der Waals surface area contributed by atoms with Crippen LogP contribution in [0.25, 0.3) is 0 Å². The van der Waals surface area contributed by atoms with E-state index in [4.69, 9.17) is 0 Å². The molecule has 8 heteroatoms. The molecular weight excluding hydrogens is 528 g/mol. The monoisotopic (exact) mass is 566 g/mol. The lowest BCUT2D eigenvalue weighted by Crippen LogP contribution is -2.24. The molecule has 0 aliphatic heterocycles. The van der Waals surface area contributed by atoms with Crippen LogP contribution in [0, 0.1) is 11.8 Å². The number of nitrogens with one attached hydrogen (secondary N) is 4. The first-order valence-corrected chi connectivity index (χ1v) is 15.0. The third-order valence-corrected chi connectivity index (χ3v) is 8.14. The Morgan fingerprint density at radius 1 is 0.452 bits per heavy atom. The summed E-state index contributed by atoms with van der Waals surface area (Å²) in [5.74, 6) is -0.489. The van der Waals surface area contributed by atoms with Crippen molar-refractivity contribution in [1.82, 2.24) is 0 Å². The lowest BCUT2D eigenvalue weighted by atomic mass is 9.88. The number of carbonyl (C=O) groups is 4. The van der Waals surface area contributed by atoms with E-state index in [9.17, 15) is 19.2 Å². The topological polar surface area (TPSA) is 116 Å². The van der Waals surface area contributed by atoms with Crippen molar-refractivity contribution in [3.8, 4) is 0 Å². The van der Waals surface area contributed by atoms with Gasteiger partial charge in [0.1, 0.15) is 0 Å². The predicted molar refractivity (Wildman–Crippen MR) is 166 cm³/mol. The van der Waals surface area contributed by atoms with E-state index >= 15 is 0 Å². The molecule has 0 atom stereocenters. The standard InChI is InChI=1S/C34H38N4O4/c39-31(23-9-3-1-4-10-23)35-27-13-7-15-29(21-27)37-33(41)25-17-19-26(20-18-25)34(42)38-30-16-8-14-28(22-30)36-32(40)24-11-5-2-6-12-24/h7-8,13-24H,1-6,9-12H2,(H,35,39)(H,36,40)(H,37,41)(H,38,42). The van der Waals surface area contributed by atoms with E-state index in [1.165, 1.54) is 12.8 Å². The molecule has 2 aliphatic rings. The average molecular weight is 567 g/mol. The molecule has 0 saturated heterocycles. The predicted octanol–water partition coefficient (Wildman–Crippen LogP) is 7.23. The molecule has 8 nitrogen and oxygen atoms in total. The fourth-order valence-corrected chi connectivity index (χ4v) is 5.75. The SMILES string of the molecule is O=C(Nc1cccc(NC(=O)C2CCCCC2)c1)c1ccc(C(=O)Nc2cccc(NC(=O)C3CCCCC3)c2)cc1. The summed E-state index contributed by atoms with van der Waals surface area (Å²) in [6.07, 6.45) is 10.4. The van der Waals surface area contributed by atoms with Gasteiger partial charge in [-0.3, -0.25) is 19.2 Å². The molecule has 0 radical (unpaired) electrons. The lowest BCUT2D eigenvalue weighted by molar-refractivity contribution is -0.121. The van der Waals surface area contributed by atoms with Crippen LogP contribution in [0.1, 0.15) is 84.9 Å². The fraction of sp³-hybridized carbons (Fsp3) is 0.353. The summed E-state index contributed by atoms with van der Waals surface area (Å²) in [5, 5.41) is 11.7. The smallest absolute Gasteiger partial charge is 0.255 e. The van der Waals surface area contributed by atoms with Gasteiger partial charge in [-0.2, -0.15) is 0 Å². The molecule has 3 aromatic carbocycles. The van der Waals surface area contributed by atoms with Crippen molar-refractivity contribution in [3.63, 3.8) is 0 Å². The Balaban J connectivity index is 1.14. The van der Waals surface area contributed by atoms with Crippen LogP contribution >= 0.6 is 0 Å². The number of carbonyl (C=O) groups excluding carboxylic acids is 4. The fourth-order valence-electron chi connectivity index (χ4n) is 5.75. The molecular formula is C34H38N4O4. The third-order valence-electron chi connectivity index (χ3n) is 8.14. The van der Waals surface area contributed by atoms with E-state index in [1.807, 2.05) is 12.1 Å². The van der Waals surface area contributed by atoms with Gasteiger partial charge in [0.15, 0.2) is 0 Å². The van der Waals surface area contributed by atoms with Crippen LogP contribution in [0.15, 0.2) is 72.8 Å².